The van der Waals surface area contributed by atoms with Crippen LogP contribution in [-0.2, 0) is 16.2 Å². The number of carbonyl (C=O) groups is 8. The van der Waals surface area contributed by atoms with Crippen LogP contribution in [0.5, 0.6) is 11.5 Å². The third kappa shape index (κ3) is 9.51. The van der Waals surface area contributed by atoms with Gasteiger partial charge in [-0.25, -0.2) is 9.80 Å². The Morgan fingerprint density at radius 1 is 0.311 bits per heavy atom. The second kappa shape index (κ2) is 23.9. The lowest BCUT2D eigenvalue weighted by atomic mass is 9.70. The van der Waals surface area contributed by atoms with Crippen molar-refractivity contribution in [3.8, 4) is 22.6 Å². The van der Waals surface area contributed by atoms with Gasteiger partial charge in [0.15, 0.2) is 5.75 Å². The molecule has 5 aliphatic rings. The molecule has 18 rings (SSSR count). The van der Waals surface area contributed by atoms with Crippen LogP contribution < -0.4 is 14.5 Å². The lowest BCUT2D eigenvalue weighted by Gasteiger charge is -2.40. The van der Waals surface area contributed by atoms with Gasteiger partial charge in [0, 0.05) is 101 Å². The third-order valence-corrected chi connectivity index (χ3v) is 24.0. The fraction of sp³-hybridized carbons (Fsp3) is 0.290. The summed E-state index contributed by atoms with van der Waals surface area (Å²) in [5.41, 5.74) is 7.66. The largest absolute Gasteiger partial charge is 0.454 e. The van der Waals surface area contributed by atoms with E-state index in [1.807, 2.05) is 91.0 Å². The molecule has 13 nitrogen and oxygen atoms in total. The number of ether oxygens (including phenoxy) is 1. The van der Waals surface area contributed by atoms with Gasteiger partial charge in [0.2, 0.25) is 0 Å². The van der Waals surface area contributed by atoms with Crippen molar-refractivity contribution in [3.63, 3.8) is 0 Å². The van der Waals surface area contributed by atoms with Crippen LogP contribution in [0.25, 0.3) is 97.3 Å². The summed E-state index contributed by atoms with van der Waals surface area (Å²) in [7, 11) is 0. The Balaban J connectivity index is 0.693. The number of amides is 8. The summed E-state index contributed by atoms with van der Waals surface area (Å²) in [6.07, 6.45) is 12.4. The molecule has 106 heavy (non-hydrogen) atoms. The summed E-state index contributed by atoms with van der Waals surface area (Å²) in [5, 5.41) is 12.1. The monoisotopic (exact) mass is 1400 g/mol. The molecule has 0 atom stereocenters. The smallest absolute Gasteiger partial charge is 0.266 e. The molecule has 0 aliphatic carbocycles. The van der Waals surface area contributed by atoms with Crippen molar-refractivity contribution in [1.82, 2.24) is 9.80 Å². The Morgan fingerprint density at radius 2 is 0.613 bits per heavy atom. The Bertz CT molecular complexity index is 5920. The van der Waals surface area contributed by atoms with Gasteiger partial charge in [-0.1, -0.05) is 206 Å². The normalized spacial score (nSPS) is 15.6. The summed E-state index contributed by atoms with van der Waals surface area (Å²) in [6, 6.07) is 45.9. The predicted molar refractivity (Wildman–Crippen MR) is 423 cm³/mol. The molecule has 0 bridgehead atoms. The highest BCUT2D eigenvalue weighted by molar-refractivity contribution is 6.46. The fourth-order valence-corrected chi connectivity index (χ4v) is 18.3. The van der Waals surface area contributed by atoms with E-state index in [0.717, 1.165) is 162 Å². The van der Waals surface area contributed by atoms with Crippen molar-refractivity contribution in [1.29, 1.82) is 0 Å². The first kappa shape index (κ1) is 66.8. The number of rotatable bonds is 17. The Labute approximate surface area is 614 Å². The van der Waals surface area contributed by atoms with E-state index in [0.29, 0.717) is 102 Å². The molecular formula is C93H82N4O9. The molecule has 0 radical (unpaired) electrons. The topological polar surface area (TPSA) is 159 Å². The first-order chi connectivity index (χ1) is 50.9. The summed E-state index contributed by atoms with van der Waals surface area (Å²) < 4.78 is 7.44. The van der Waals surface area contributed by atoms with Gasteiger partial charge in [0.05, 0.1) is 11.4 Å². The molecule has 13 heteroatoms. The molecule has 528 valence electrons. The number of anilines is 2. The van der Waals surface area contributed by atoms with Gasteiger partial charge in [0.1, 0.15) is 5.75 Å². The SMILES string of the molecule is CCCCCCCCN1C(=O)c2ccc3c4ccc5c6c(ccc(c7ccc(c2c37)C1=O)c64)C(=O)N(c1ccc(-c2cc(C(C)(C)C)cc3c2Oc2c(N4C(=O)c6ccc7c8ccc9c%10c(ccc(c%11ccc(c6c7%11)C4=O)c%108)C(=O)N(CCCCCCCC)C9=O)cc(C(C)(C)C)cc2C3(C)C)cc1)C5=O. The minimum absolute atomic E-state index is 0.288. The molecule has 0 saturated carbocycles. The van der Waals surface area contributed by atoms with E-state index >= 15 is 19.2 Å². The van der Waals surface area contributed by atoms with Crippen molar-refractivity contribution in [3.05, 3.63) is 212 Å². The number of unbranched alkanes of at least 4 members (excludes halogenated alkanes) is 10. The maximum atomic E-state index is 15.9. The second-order valence-electron chi connectivity index (χ2n) is 32.8. The maximum absolute atomic E-state index is 15.9. The standard InChI is InChI=1S/C93H82N4O9/c1-11-13-15-17-19-21-43-94-83(98)61-35-27-53-57-31-39-65-79-66(40-32-58(75(57)79)54-28-36-62(84(94)99)77(61)73(53)54)88(103)96(87(65)102)52-25-23-49(24-26-52)69-45-50(91(3,4)5)46-70-81(69)106-82-71(93(70,9)10)47-51(92(6,7)8)48-72(82)97-89(104)67-41-33-59-55-29-37-63-78-64(86(101)95(85(63)100)44-22-20-18-16-14-12-2)38-30-56(74(55)78)60-34-42-68(90(97)105)80(67)76(59)60/h23-42,45-48H,11-22,43-44H2,1-10H3. The molecule has 0 aromatic heterocycles. The maximum Gasteiger partial charge on any atom is 0.266 e. The predicted octanol–water partition coefficient (Wildman–Crippen LogP) is 22.0. The lowest BCUT2D eigenvalue weighted by molar-refractivity contribution is 0.0592. The highest BCUT2D eigenvalue weighted by Gasteiger charge is 2.46. The van der Waals surface area contributed by atoms with Crippen molar-refractivity contribution < 1.29 is 43.1 Å². The van der Waals surface area contributed by atoms with Crippen LogP contribution in [0, 0.1) is 0 Å². The molecule has 0 saturated heterocycles. The Kier molecular flexibility index (Phi) is 15.1. The van der Waals surface area contributed by atoms with E-state index in [1.54, 1.807) is 36.4 Å². The van der Waals surface area contributed by atoms with E-state index in [9.17, 15) is 19.2 Å². The van der Waals surface area contributed by atoms with E-state index in [-0.39, 0.29) is 29.0 Å². The number of nitrogens with zero attached hydrogens (tertiary/aromatic N) is 4. The molecule has 13 aromatic carbocycles. The number of fused-ring (bicyclic) bond motifs is 6. The lowest BCUT2D eigenvalue weighted by Crippen LogP contribution is -2.41. The quantitative estimate of drug-likeness (QED) is 0.0374. The van der Waals surface area contributed by atoms with Gasteiger partial charge >= 0.3 is 0 Å². The van der Waals surface area contributed by atoms with Crippen molar-refractivity contribution >= 4 is 145 Å². The van der Waals surface area contributed by atoms with Gasteiger partial charge in [0.25, 0.3) is 47.3 Å². The molecule has 5 aliphatic heterocycles. The van der Waals surface area contributed by atoms with E-state index < -0.39 is 34.5 Å². The molecule has 0 unspecified atom stereocenters. The number of imide groups is 4. The molecule has 5 heterocycles. The zero-order chi connectivity index (χ0) is 73.6. The minimum Gasteiger partial charge on any atom is -0.454 e. The van der Waals surface area contributed by atoms with Crippen LogP contribution in [0.1, 0.15) is 251 Å². The summed E-state index contributed by atoms with van der Waals surface area (Å²) >= 11 is 0. The van der Waals surface area contributed by atoms with Crippen LogP contribution in [0.15, 0.2) is 146 Å². The number of benzene rings is 13. The van der Waals surface area contributed by atoms with Gasteiger partial charge in [-0.3, -0.25) is 48.2 Å². The van der Waals surface area contributed by atoms with Crippen LogP contribution in [-0.4, -0.2) is 70.1 Å². The third-order valence-electron chi connectivity index (χ3n) is 24.0. The number of hydrogen-bond donors (Lipinski definition) is 0. The van der Waals surface area contributed by atoms with Gasteiger partial charge in [-0.15, -0.1) is 0 Å². The highest BCUT2D eigenvalue weighted by atomic mass is 16.5. The zero-order valence-corrected chi connectivity index (χ0v) is 61.7. The fourth-order valence-electron chi connectivity index (χ4n) is 18.3. The number of hydrogen-bond acceptors (Lipinski definition) is 9. The first-order valence-corrected chi connectivity index (χ1v) is 38.0. The van der Waals surface area contributed by atoms with Crippen LogP contribution in [0.2, 0.25) is 0 Å². The Hall–Kier alpha value is -11.2. The van der Waals surface area contributed by atoms with Crippen LogP contribution >= 0.6 is 0 Å². The first-order valence-electron chi connectivity index (χ1n) is 38.0. The van der Waals surface area contributed by atoms with Gasteiger partial charge < -0.3 is 4.74 Å². The van der Waals surface area contributed by atoms with Crippen molar-refractivity contribution in [2.45, 2.75) is 163 Å². The highest BCUT2D eigenvalue weighted by Crippen LogP contribution is 2.58. The molecule has 0 spiro atoms. The molecule has 13 aromatic rings. The van der Waals surface area contributed by atoms with E-state index in [2.05, 4.69) is 87.4 Å². The van der Waals surface area contributed by atoms with Gasteiger partial charge in [-0.05, 0) is 178 Å². The minimum atomic E-state index is -0.784. The summed E-state index contributed by atoms with van der Waals surface area (Å²) in [5.74, 6) is -2.20. The van der Waals surface area contributed by atoms with Crippen molar-refractivity contribution in [2.75, 3.05) is 22.9 Å². The molecule has 8 amide bonds. The zero-order valence-electron chi connectivity index (χ0n) is 61.7. The van der Waals surface area contributed by atoms with Gasteiger partial charge in [-0.2, -0.15) is 0 Å². The summed E-state index contributed by atoms with van der Waals surface area (Å²) in [4.78, 5) is 125. The summed E-state index contributed by atoms with van der Waals surface area (Å²) in [6.45, 7) is 22.3. The van der Waals surface area contributed by atoms with Crippen molar-refractivity contribution in [2.24, 2.45) is 0 Å². The molecular weight excluding hydrogens is 1320 g/mol. The second-order valence-corrected chi connectivity index (χ2v) is 32.8. The Morgan fingerprint density at radius 3 is 0.953 bits per heavy atom. The average Bonchev–Trinajstić information content (AvgIpc) is 0.692. The van der Waals surface area contributed by atoms with E-state index in [1.165, 1.54) is 32.4 Å². The number of carbonyl (C=O) groups excluding carboxylic acids is 8. The van der Waals surface area contributed by atoms with E-state index in [4.69, 9.17) is 4.74 Å². The van der Waals surface area contributed by atoms with Crippen LogP contribution in [0.3, 0.4) is 0 Å². The average molecular weight is 1400 g/mol. The van der Waals surface area contributed by atoms with Crippen LogP contribution in [0.4, 0.5) is 11.4 Å². The molecule has 0 fully saturated rings. The molecule has 0 N–H and O–H groups in total.